The van der Waals surface area contributed by atoms with E-state index >= 15 is 0 Å². The quantitative estimate of drug-likeness (QED) is 0.350. The Morgan fingerprint density at radius 3 is 2.09 bits per heavy atom. The maximum absolute atomic E-state index is 13.3. The summed E-state index contributed by atoms with van der Waals surface area (Å²) in [5, 5.41) is 9.13. The Morgan fingerprint density at radius 2 is 1.54 bits per heavy atom. The van der Waals surface area contributed by atoms with Crippen LogP contribution in [0.2, 0.25) is 0 Å². The van der Waals surface area contributed by atoms with E-state index < -0.39 is 30.3 Å². The van der Waals surface area contributed by atoms with E-state index in [1.807, 2.05) is 0 Å². The number of sulfone groups is 2. The third-order valence-corrected chi connectivity index (χ3v) is 10.4. The van der Waals surface area contributed by atoms with E-state index in [1.165, 1.54) is 49.0 Å². The van der Waals surface area contributed by atoms with Crippen molar-refractivity contribution in [2.45, 2.75) is 34.3 Å². The average molecular weight is 528 g/mol. The number of hydrogen-bond donors (Lipinski definition) is 2. The number of benzene rings is 2. The normalized spacial score (nSPS) is 16.8. The summed E-state index contributed by atoms with van der Waals surface area (Å²) < 4.78 is 65.9. The van der Waals surface area contributed by atoms with Crippen molar-refractivity contribution < 1.29 is 41.0 Å². The highest BCUT2D eigenvalue weighted by atomic mass is 32.2. The lowest BCUT2D eigenvalue weighted by molar-refractivity contribution is -0.134. The summed E-state index contributed by atoms with van der Waals surface area (Å²) in [6.07, 6.45) is -0.166. The van der Waals surface area contributed by atoms with E-state index in [-0.39, 0.29) is 54.1 Å². The first-order valence-electron chi connectivity index (χ1n) is 10.9. The van der Waals surface area contributed by atoms with Crippen LogP contribution in [0, 0.1) is 5.92 Å². The van der Waals surface area contributed by atoms with Crippen LogP contribution in [0.5, 0.6) is 11.5 Å². The maximum Gasteiger partial charge on any atom is 0.265 e. The molecule has 1 atom stereocenters. The molecule has 192 valence electrons. The number of nitrogens with one attached hydrogen (secondary N) is 1. The number of carbonyl (C=O) groups is 1. The summed E-state index contributed by atoms with van der Waals surface area (Å²) in [5.41, 5.74) is 1.48. The summed E-state index contributed by atoms with van der Waals surface area (Å²) in [7, 11) is -6.17. The van der Waals surface area contributed by atoms with Crippen LogP contribution in [-0.4, -0.2) is 65.4 Å². The van der Waals surface area contributed by atoms with Crippen LogP contribution in [-0.2, 0) is 29.2 Å². The molecular formula is C23H29NO9S2. The van der Waals surface area contributed by atoms with Gasteiger partial charge in [0.1, 0.15) is 11.5 Å². The highest BCUT2D eigenvalue weighted by molar-refractivity contribution is 7.93. The molecule has 1 aliphatic rings. The smallest absolute Gasteiger partial charge is 0.265 e. The van der Waals surface area contributed by atoms with Crippen LogP contribution >= 0.6 is 0 Å². The first-order valence-corrected chi connectivity index (χ1v) is 14.1. The molecule has 1 saturated heterocycles. The minimum atomic E-state index is -4.14. The van der Waals surface area contributed by atoms with Gasteiger partial charge in [0, 0.05) is 19.1 Å². The molecule has 1 fully saturated rings. The second-order valence-corrected chi connectivity index (χ2v) is 12.7. The maximum atomic E-state index is 13.3. The van der Waals surface area contributed by atoms with E-state index in [4.69, 9.17) is 19.4 Å². The minimum absolute atomic E-state index is 0.0746. The van der Waals surface area contributed by atoms with Gasteiger partial charge in [-0.3, -0.25) is 10.0 Å². The van der Waals surface area contributed by atoms with E-state index in [0.29, 0.717) is 11.5 Å². The molecule has 1 aliphatic heterocycles. The molecule has 2 aromatic carbocycles. The van der Waals surface area contributed by atoms with Gasteiger partial charge in [0.15, 0.2) is 24.4 Å². The van der Waals surface area contributed by atoms with Gasteiger partial charge in [-0.1, -0.05) is 6.92 Å². The van der Waals surface area contributed by atoms with Crippen LogP contribution in [0.25, 0.3) is 0 Å². The number of hydroxylamine groups is 1. The molecule has 1 amide bonds. The van der Waals surface area contributed by atoms with Gasteiger partial charge in [-0.2, -0.15) is 0 Å². The van der Waals surface area contributed by atoms with Gasteiger partial charge in [-0.15, -0.1) is 0 Å². The summed E-state index contributed by atoms with van der Waals surface area (Å²) in [6, 6.07) is 11.7. The molecule has 0 bridgehead atoms. The number of rotatable bonds is 10. The van der Waals surface area contributed by atoms with Gasteiger partial charge >= 0.3 is 0 Å². The Hall–Kier alpha value is -2.67. The standard InChI is InChI=1S/C23H29NO9S2/c1-17(16-34(27,28)20-7-3-18(31-2)4-8-20)15-33-19-5-9-21(10-6-19)35(29,30)23(22(25)24-26)11-13-32-14-12-23/h3-10,17,26H,11-16H2,1-2H3,(H,24,25)/t17-/m0/s1. The minimum Gasteiger partial charge on any atom is -0.497 e. The number of methoxy groups -OCH3 is 1. The third kappa shape index (κ3) is 5.77. The van der Waals surface area contributed by atoms with Gasteiger partial charge in [0.25, 0.3) is 5.91 Å². The molecule has 0 unspecified atom stereocenters. The van der Waals surface area contributed by atoms with Crippen molar-refractivity contribution in [3.05, 3.63) is 48.5 Å². The Bertz CT molecular complexity index is 1220. The first kappa shape index (κ1) is 26.9. The zero-order valence-electron chi connectivity index (χ0n) is 19.5. The third-order valence-electron chi connectivity index (χ3n) is 5.92. The van der Waals surface area contributed by atoms with Gasteiger partial charge in [0.05, 0.1) is 29.3 Å². The Kier molecular flexibility index (Phi) is 8.42. The Balaban J connectivity index is 1.66. The molecule has 3 rings (SSSR count). The zero-order valence-corrected chi connectivity index (χ0v) is 21.1. The van der Waals surface area contributed by atoms with Crippen molar-refractivity contribution in [3.63, 3.8) is 0 Å². The average Bonchev–Trinajstić information content (AvgIpc) is 2.87. The van der Waals surface area contributed by atoms with Crippen LogP contribution < -0.4 is 15.0 Å². The van der Waals surface area contributed by atoms with Crippen molar-refractivity contribution >= 4 is 25.6 Å². The van der Waals surface area contributed by atoms with Gasteiger partial charge < -0.3 is 14.2 Å². The Labute approximate surface area is 205 Å². The number of hydrogen-bond acceptors (Lipinski definition) is 9. The van der Waals surface area contributed by atoms with Gasteiger partial charge in [0.2, 0.25) is 0 Å². The Morgan fingerprint density at radius 1 is 1.00 bits per heavy atom. The van der Waals surface area contributed by atoms with Crippen molar-refractivity contribution in [3.8, 4) is 11.5 Å². The van der Waals surface area contributed by atoms with E-state index in [0.717, 1.165) is 0 Å². The molecule has 35 heavy (non-hydrogen) atoms. The van der Waals surface area contributed by atoms with Crippen molar-refractivity contribution in [2.24, 2.45) is 5.92 Å². The first-order chi connectivity index (χ1) is 16.6. The molecule has 0 saturated carbocycles. The summed E-state index contributed by atoms with van der Waals surface area (Å²) in [6.45, 7) is 1.98. The predicted octanol–water partition coefficient (Wildman–Crippen LogP) is 2.01. The van der Waals surface area contributed by atoms with Gasteiger partial charge in [-0.05, 0) is 61.4 Å². The van der Waals surface area contributed by atoms with Crippen LogP contribution in [0.3, 0.4) is 0 Å². The molecular weight excluding hydrogens is 498 g/mol. The lowest BCUT2D eigenvalue weighted by Gasteiger charge is -2.34. The molecule has 2 aromatic rings. The second-order valence-electron chi connectivity index (χ2n) is 8.40. The molecule has 10 nitrogen and oxygen atoms in total. The summed E-state index contributed by atoms with van der Waals surface area (Å²) in [5.74, 6) is -0.555. The van der Waals surface area contributed by atoms with E-state index in [2.05, 4.69) is 0 Å². The summed E-state index contributed by atoms with van der Waals surface area (Å²) >= 11 is 0. The number of amides is 1. The zero-order chi connectivity index (χ0) is 25.7. The van der Waals surface area contributed by atoms with E-state index in [9.17, 15) is 21.6 Å². The predicted molar refractivity (Wildman–Crippen MR) is 126 cm³/mol. The summed E-state index contributed by atoms with van der Waals surface area (Å²) in [4.78, 5) is 12.4. The fourth-order valence-electron chi connectivity index (χ4n) is 3.90. The molecule has 0 radical (unpaired) electrons. The number of carbonyl (C=O) groups excluding carboxylic acids is 1. The van der Waals surface area contributed by atoms with Crippen molar-refractivity contribution in [1.82, 2.24) is 5.48 Å². The monoisotopic (exact) mass is 527 g/mol. The van der Waals surface area contributed by atoms with Crippen LogP contribution in [0.15, 0.2) is 58.3 Å². The van der Waals surface area contributed by atoms with Crippen LogP contribution in [0.1, 0.15) is 19.8 Å². The molecule has 0 spiro atoms. The fraction of sp³-hybridized carbons (Fsp3) is 0.435. The SMILES string of the molecule is COc1ccc(S(=O)(=O)C[C@@H](C)COc2ccc(S(=O)(=O)C3(C(=O)NO)CCOCC3)cc2)cc1. The van der Waals surface area contributed by atoms with E-state index in [1.54, 1.807) is 19.1 Å². The molecule has 12 heteroatoms. The fourth-order valence-corrected chi connectivity index (χ4v) is 7.43. The highest BCUT2D eigenvalue weighted by Crippen LogP contribution is 2.35. The molecule has 1 heterocycles. The lowest BCUT2D eigenvalue weighted by Crippen LogP contribution is -2.54. The highest BCUT2D eigenvalue weighted by Gasteiger charge is 2.52. The van der Waals surface area contributed by atoms with Crippen molar-refractivity contribution in [1.29, 1.82) is 0 Å². The second kappa shape index (κ2) is 10.9. The lowest BCUT2D eigenvalue weighted by atomic mass is 9.98. The topological polar surface area (TPSA) is 145 Å². The molecule has 0 aromatic heterocycles. The molecule has 2 N–H and O–H groups in total. The molecule has 0 aliphatic carbocycles. The van der Waals surface area contributed by atoms with Gasteiger partial charge in [-0.25, -0.2) is 22.3 Å². The van der Waals surface area contributed by atoms with Crippen LogP contribution in [0.4, 0.5) is 0 Å². The number of ether oxygens (including phenoxy) is 3. The largest absolute Gasteiger partial charge is 0.497 e. The van der Waals surface area contributed by atoms with Crippen molar-refractivity contribution in [2.75, 3.05) is 32.7 Å².